The molecule has 0 bridgehead atoms. The van der Waals surface area contributed by atoms with Crippen molar-refractivity contribution in [3.8, 4) is 5.75 Å². The summed E-state index contributed by atoms with van der Waals surface area (Å²) >= 11 is 1.77. The molecule has 152 valence electrons. The molecule has 28 heavy (non-hydrogen) atoms. The fraction of sp³-hybridized carbons (Fsp3) is 0.400. The summed E-state index contributed by atoms with van der Waals surface area (Å²) in [5.41, 5.74) is 0.849. The zero-order valence-electron chi connectivity index (χ0n) is 16.2. The third kappa shape index (κ3) is 6.10. The minimum Gasteiger partial charge on any atom is -0.482 e. The molecule has 1 aromatic carbocycles. The summed E-state index contributed by atoms with van der Waals surface area (Å²) in [6, 6.07) is 11.9. The van der Waals surface area contributed by atoms with Gasteiger partial charge in [0.2, 0.25) is 0 Å². The maximum absolute atomic E-state index is 12.2. The molecular weight excluding hydrogens is 487 g/mol. The van der Waals surface area contributed by atoms with Crippen LogP contribution >= 0.6 is 35.3 Å². The molecule has 0 spiro atoms. The number of halogens is 1. The summed E-state index contributed by atoms with van der Waals surface area (Å²) in [5.74, 6) is 1.57. The van der Waals surface area contributed by atoms with Crippen molar-refractivity contribution in [1.29, 1.82) is 0 Å². The van der Waals surface area contributed by atoms with Crippen LogP contribution in [0.1, 0.15) is 23.1 Å². The zero-order valence-corrected chi connectivity index (χ0v) is 19.4. The van der Waals surface area contributed by atoms with E-state index in [2.05, 4.69) is 41.6 Å². The van der Waals surface area contributed by atoms with Crippen LogP contribution < -0.4 is 20.3 Å². The lowest BCUT2D eigenvalue weighted by molar-refractivity contribution is -0.121. The van der Waals surface area contributed by atoms with Gasteiger partial charge in [0, 0.05) is 29.4 Å². The van der Waals surface area contributed by atoms with Crippen LogP contribution in [0.5, 0.6) is 5.75 Å². The van der Waals surface area contributed by atoms with Crippen molar-refractivity contribution in [1.82, 2.24) is 10.6 Å². The van der Waals surface area contributed by atoms with Crippen LogP contribution in [0.2, 0.25) is 0 Å². The first-order valence-corrected chi connectivity index (χ1v) is 10.1. The van der Waals surface area contributed by atoms with Gasteiger partial charge in [-0.2, -0.15) is 0 Å². The Bertz CT molecular complexity index is 809. The molecule has 0 radical (unpaired) electrons. The number of aliphatic imine (C=N–C) groups is 1. The van der Waals surface area contributed by atoms with E-state index in [4.69, 9.17) is 4.74 Å². The van der Waals surface area contributed by atoms with Gasteiger partial charge in [0.15, 0.2) is 12.6 Å². The van der Waals surface area contributed by atoms with E-state index in [9.17, 15) is 4.79 Å². The van der Waals surface area contributed by atoms with Crippen molar-refractivity contribution in [3.63, 3.8) is 0 Å². The van der Waals surface area contributed by atoms with Gasteiger partial charge >= 0.3 is 0 Å². The summed E-state index contributed by atoms with van der Waals surface area (Å²) in [5, 5.41) is 6.62. The number of guanidine groups is 1. The maximum Gasteiger partial charge on any atom is 0.265 e. The van der Waals surface area contributed by atoms with Crippen LogP contribution in [-0.2, 0) is 11.3 Å². The van der Waals surface area contributed by atoms with Crippen molar-refractivity contribution >= 4 is 52.9 Å². The first-order chi connectivity index (χ1) is 13.2. The molecular formula is C20H27IN4O2S. The van der Waals surface area contributed by atoms with Crippen LogP contribution in [0.3, 0.4) is 0 Å². The molecule has 0 saturated heterocycles. The fourth-order valence-corrected chi connectivity index (χ4v) is 3.73. The third-order valence-corrected chi connectivity index (χ3v) is 5.18. The second kappa shape index (κ2) is 11.3. The van der Waals surface area contributed by atoms with Gasteiger partial charge in [0.05, 0.1) is 12.2 Å². The number of rotatable bonds is 7. The number of aryl methyl sites for hydroxylation is 1. The number of amides is 1. The number of carbonyl (C=O) groups excluding carboxylic acids is 1. The molecule has 1 aromatic heterocycles. The smallest absolute Gasteiger partial charge is 0.265 e. The van der Waals surface area contributed by atoms with Crippen molar-refractivity contribution in [2.45, 2.75) is 26.8 Å². The van der Waals surface area contributed by atoms with Crippen LogP contribution in [0.4, 0.5) is 5.69 Å². The average Bonchev–Trinajstić information content (AvgIpc) is 3.09. The summed E-state index contributed by atoms with van der Waals surface area (Å²) < 4.78 is 5.48. The van der Waals surface area contributed by atoms with Crippen molar-refractivity contribution in [2.24, 2.45) is 4.99 Å². The summed E-state index contributed by atoms with van der Waals surface area (Å²) in [7, 11) is 0. The largest absolute Gasteiger partial charge is 0.482 e. The van der Waals surface area contributed by atoms with E-state index >= 15 is 0 Å². The predicted molar refractivity (Wildman–Crippen MR) is 126 cm³/mol. The quantitative estimate of drug-likeness (QED) is 0.257. The standard InChI is InChI=1S/C20H26N4O2S.HI/c1-3-21-20(23-13-16-10-9-15(2)27-16)22-11-6-12-24-17-7-4-5-8-18(17)26-14-19(24)25;/h4-5,7-10H,3,6,11-14H2,1-2H3,(H2,21,22,23);1H. The van der Waals surface area contributed by atoms with Gasteiger partial charge in [-0.3, -0.25) is 4.79 Å². The number of hydrogen-bond donors (Lipinski definition) is 2. The molecule has 3 rings (SSSR count). The molecule has 0 fully saturated rings. The topological polar surface area (TPSA) is 66.0 Å². The lowest BCUT2D eigenvalue weighted by Crippen LogP contribution is -2.42. The van der Waals surface area contributed by atoms with E-state index in [1.54, 1.807) is 16.2 Å². The van der Waals surface area contributed by atoms with Crippen LogP contribution in [-0.4, -0.2) is 38.1 Å². The number of nitrogens with one attached hydrogen (secondary N) is 2. The van der Waals surface area contributed by atoms with Gasteiger partial charge in [-0.15, -0.1) is 35.3 Å². The summed E-state index contributed by atoms with van der Waals surface area (Å²) in [6.07, 6.45) is 0.822. The summed E-state index contributed by atoms with van der Waals surface area (Å²) in [4.78, 5) is 21.2. The number of anilines is 1. The molecule has 2 N–H and O–H groups in total. The highest BCUT2D eigenvalue weighted by atomic mass is 127. The van der Waals surface area contributed by atoms with Gasteiger partial charge in [-0.05, 0) is 44.5 Å². The van der Waals surface area contributed by atoms with Crippen molar-refractivity contribution < 1.29 is 9.53 Å². The number of thiophene rings is 1. The Hall–Kier alpha value is -1.81. The molecule has 6 nitrogen and oxygen atoms in total. The van der Waals surface area contributed by atoms with Gasteiger partial charge < -0.3 is 20.3 Å². The molecule has 0 saturated carbocycles. The number of para-hydroxylation sites is 2. The average molecular weight is 514 g/mol. The first-order valence-electron chi connectivity index (χ1n) is 9.27. The van der Waals surface area contributed by atoms with Crippen LogP contribution in [0, 0.1) is 6.92 Å². The van der Waals surface area contributed by atoms with E-state index in [1.807, 2.05) is 24.3 Å². The number of carbonyl (C=O) groups is 1. The third-order valence-electron chi connectivity index (χ3n) is 4.19. The lowest BCUT2D eigenvalue weighted by atomic mass is 10.2. The molecule has 1 aliphatic heterocycles. The number of nitrogens with zero attached hydrogens (tertiary/aromatic N) is 2. The molecule has 1 amide bonds. The Labute approximate surface area is 187 Å². The van der Waals surface area contributed by atoms with E-state index in [0.29, 0.717) is 13.1 Å². The van der Waals surface area contributed by atoms with E-state index in [1.165, 1.54) is 9.75 Å². The Morgan fingerprint density at radius 3 is 2.82 bits per heavy atom. The minimum absolute atomic E-state index is 0. The van der Waals surface area contributed by atoms with Gasteiger partial charge in [-0.25, -0.2) is 4.99 Å². The van der Waals surface area contributed by atoms with Gasteiger partial charge in [-0.1, -0.05) is 12.1 Å². The number of ether oxygens (including phenoxy) is 1. The predicted octanol–water partition coefficient (Wildman–Crippen LogP) is 3.55. The van der Waals surface area contributed by atoms with E-state index in [-0.39, 0.29) is 36.5 Å². The van der Waals surface area contributed by atoms with Crippen molar-refractivity contribution in [2.75, 3.05) is 31.1 Å². The molecule has 2 aromatic rings. The number of benzene rings is 1. The summed E-state index contributed by atoms with van der Waals surface area (Å²) in [6.45, 7) is 7.13. The monoisotopic (exact) mass is 514 g/mol. The second-order valence-corrected chi connectivity index (χ2v) is 7.66. The number of hydrogen-bond acceptors (Lipinski definition) is 4. The molecule has 0 aliphatic carbocycles. The highest BCUT2D eigenvalue weighted by Gasteiger charge is 2.24. The fourth-order valence-electron chi connectivity index (χ4n) is 2.91. The molecule has 0 unspecified atom stereocenters. The van der Waals surface area contributed by atoms with Gasteiger partial charge in [0.1, 0.15) is 5.75 Å². The highest BCUT2D eigenvalue weighted by molar-refractivity contribution is 14.0. The maximum atomic E-state index is 12.2. The van der Waals surface area contributed by atoms with Gasteiger partial charge in [0.25, 0.3) is 5.91 Å². The Morgan fingerprint density at radius 1 is 1.25 bits per heavy atom. The Morgan fingerprint density at radius 2 is 2.07 bits per heavy atom. The Kier molecular flexibility index (Phi) is 9.04. The van der Waals surface area contributed by atoms with Crippen molar-refractivity contribution in [3.05, 3.63) is 46.2 Å². The highest BCUT2D eigenvalue weighted by Crippen LogP contribution is 2.31. The Balaban J connectivity index is 0.00000280. The molecule has 0 atom stereocenters. The molecule has 2 heterocycles. The van der Waals surface area contributed by atoms with E-state index < -0.39 is 0 Å². The van der Waals surface area contributed by atoms with Crippen LogP contribution in [0.15, 0.2) is 41.4 Å². The SMILES string of the molecule is CCNC(=NCc1ccc(C)s1)NCCCN1C(=O)COc2ccccc21.I. The number of fused-ring (bicyclic) bond motifs is 1. The zero-order chi connectivity index (χ0) is 19.1. The minimum atomic E-state index is 0. The van der Waals surface area contributed by atoms with Crippen LogP contribution in [0.25, 0.3) is 0 Å². The lowest BCUT2D eigenvalue weighted by Gasteiger charge is -2.29. The first kappa shape index (κ1) is 22.5. The van der Waals surface area contributed by atoms with E-state index in [0.717, 1.165) is 36.9 Å². The molecule has 1 aliphatic rings. The normalized spacial score (nSPS) is 13.4. The molecule has 8 heteroatoms. The second-order valence-electron chi connectivity index (χ2n) is 6.29.